The molecule has 0 aromatic heterocycles. The van der Waals surface area contributed by atoms with Crippen LogP contribution in [0.3, 0.4) is 0 Å². The molecule has 0 radical (unpaired) electrons. The van der Waals surface area contributed by atoms with E-state index in [1.807, 2.05) is 5.40 Å². The molecule has 0 amide bonds. The second kappa shape index (κ2) is 5.00. The van der Waals surface area contributed by atoms with E-state index in [0.717, 1.165) is 16.7 Å². The number of aliphatic hydroxyl groups is 3. The summed E-state index contributed by atoms with van der Waals surface area (Å²) in [4.78, 5) is 0.792. The monoisotopic (exact) mass is 295 g/mol. The van der Waals surface area contributed by atoms with E-state index < -0.39 is 36.8 Å². The summed E-state index contributed by atoms with van der Waals surface area (Å²) in [5.41, 5.74) is 0.689. The molecule has 6 nitrogen and oxygen atoms in total. The van der Waals surface area contributed by atoms with Gasteiger partial charge in [0.15, 0.2) is 0 Å². The van der Waals surface area contributed by atoms with Gasteiger partial charge in [0, 0.05) is 10.5 Å². The molecule has 5 atom stereocenters. The summed E-state index contributed by atoms with van der Waals surface area (Å²) in [6.07, 6.45) is -3.81. The lowest BCUT2D eigenvalue weighted by molar-refractivity contribution is -0.188. The summed E-state index contributed by atoms with van der Waals surface area (Å²) in [5, 5.41) is 39.5. The quantitative estimate of drug-likeness (QED) is 0.407. The zero-order valence-electron chi connectivity index (χ0n) is 10.3. The van der Waals surface area contributed by atoms with E-state index in [0.29, 0.717) is 5.56 Å². The SMILES string of the molecule is N#CSc1ccc([C@]23OC(CO)[C@@H](O)C(O)C2O3)cc1. The van der Waals surface area contributed by atoms with Crippen LogP contribution in [-0.4, -0.2) is 46.3 Å². The first kappa shape index (κ1) is 13.8. The van der Waals surface area contributed by atoms with E-state index in [1.165, 1.54) is 0 Å². The van der Waals surface area contributed by atoms with E-state index >= 15 is 0 Å². The van der Waals surface area contributed by atoms with Gasteiger partial charge < -0.3 is 24.8 Å². The number of epoxide rings is 1. The fourth-order valence-electron chi connectivity index (χ4n) is 2.49. The number of thiocyanates is 1. The van der Waals surface area contributed by atoms with Crippen molar-refractivity contribution < 1.29 is 24.8 Å². The van der Waals surface area contributed by atoms with Crippen molar-refractivity contribution in [2.75, 3.05) is 6.61 Å². The Bertz CT molecular complexity index is 545. The second-order valence-corrected chi connectivity index (χ2v) is 5.60. The zero-order valence-corrected chi connectivity index (χ0v) is 11.2. The summed E-state index contributed by atoms with van der Waals surface area (Å²) in [6.45, 7) is -0.404. The van der Waals surface area contributed by atoms with Crippen LogP contribution >= 0.6 is 11.8 Å². The highest BCUT2D eigenvalue weighted by Crippen LogP contribution is 2.53. The molecule has 0 saturated carbocycles. The van der Waals surface area contributed by atoms with Crippen LogP contribution in [0.1, 0.15) is 5.56 Å². The molecule has 2 saturated heterocycles. The molecule has 3 N–H and O–H groups in total. The minimum atomic E-state index is -1.17. The number of hydrogen-bond donors (Lipinski definition) is 3. The van der Waals surface area contributed by atoms with Crippen molar-refractivity contribution in [1.29, 1.82) is 5.26 Å². The second-order valence-electron chi connectivity index (χ2n) is 4.74. The van der Waals surface area contributed by atoms with Crippen molar-refractivity contribution in [3.63, 3.8) is 0 Å². The maximum atomic E-state index is 9.94. The third-order valence-electron chi connectivity index (χ3n) is 3.59. The molecule has 3 unspecified atom stereocenters. The number of fused-ring (bicyclic) bond motifs is 1. The number of rotatable bonds is 3. The van der Waals surface area contributed by atoms with Gasteiger partial charge in [-0.2, -0.15) is 5.26 Å². The van der Waals surface area contributed by atoms with Crippen LogP contribution in [0.15, 0.2) is 29.2 Å². The first-order chi connectivity index (χ1) is 9.62. The third kappa shape index (κ3) is 2.02. The van der Waals surface area contributed by atoms with Gasteiger partial charge >= 0.3 is 0 Å². The van der Waals surface area contributed by atoms with Crippen LogP contribution in [0.4, 0.5) is 0 Å². The van der Waals surface area contributed by atoms with E-state index in [1.54, 1.807) is 24.3 Å². The number of thioether (sulfide) groups is 1. The zero-order chi connectivity index (χ0) is 14.3. The van der Waals surface area contributed by atoms with E-state index in [2.05, 4.69) is 0 Å². The minimum absolute atomic E-state index is 0.404. The van der Waals surface area contributed by atoms with E-state index in [4.69, 9.17) is 14.7 Å². The number of aliphatic hydroxyl groups excluding tert-OH is 3. The number of nitrogens with zero attached hydrogens (tertiary/aromatic N) is 1. The first-order valence-corrected chi connectivity index (χ1v) is 6.93. The molecule has 106 valence electrons. The molecule has 7 heteroatoms. The summed E-state index contributed by atoms with van der Waals surface area (Å²) in [6, 6.07) is 7.01. The summed E-state index contributed by atoms with van der Waals surface area (Å²) in [5.74, 6) is -1.11. The lowest BCUT2D eigenvalue weighted by Gasteiger charge is -2.32. The van der Waals surface area contributed by atoms with Crippen molar-refractivity contribution >= 4 is 11.8 Å². The topological polar surface area (TPSA) is 106 Å². The third-order valence-corrected chi connectivity index (χ3v) is 4.19. The predicted octanol–water partition coefficient (Wildman–Crippen LogP) is -0.0757. The highest BCUT2D eigenvalue weighted by Gasteiger charge is 2.69. The van der Waals surface area contributed by atoms with Gasteiger partial charge in [-0.1, -0.05) is 12.1 Å². The van der Waals surface area contributed by atoms with Crippen molar-refractivity contribution in [2.45, 2.75) is 35.1 Å². The Kier molecular flexibility index (Phi) is 3.46. The Balaban J connectivity index is 1.85. The van der Waals surface area contributed by atoms with Crippen LogP contribution in [0.25, 0.3) is 0 Å². The number of ether oxygens (including phenoxy) is 2. The van der Waals surface area contributed by atoms with Gasteiger partial charge in [-0.3, -0.25) is 0 Å². The van der Waals surface area contributed by atoms with Gasteiger partial charge in [0.1, 0.15) is 29.8 Å². The van der Waals surface area contributed by atoms with Crippen LogP contribution in [-0.2, 0) is 15.3 Å². The molecule has 2 aliphatic heterocycles. The fraction of sp³-hybridized carbons (Fsp3) is 0.462. The van der Waals surface area contributed by atoms with Gasteiger partial charge in [-0.25, -0.2) is 0 Å². The van der Waals surface area contributed by atoms with Crippen molar-refractivity contribution in [3.05, 3.63) is 29.8 Å². The highest BCUT2D eigenvalue weighted by atomic mass is 32.2. The number of benzene rings is 1. The average Bonchev–Trinajstić information content (AvgIpc) is 3.20. The number of hydrogen-bond acceptors (Lipinski definition) is 7. The van der Waals surface area contributed by atoms with Gasteiger partial charge in [0.2, 0.25) is 5.79 Å². The average molecular weight is 295 g/mol. The van der Waals surface area contributed by atoms with Crippen molar-refractivity contribution in [2.24, 2.45) is 0 Å². The first-order valence-electron chi connectivity index (χ1n) is 6.11. The molecule has 20 heavy (non-hydrogen) atoms. The van der Waals surface area contributed by atoms with Crippen molar-refractivity contribution in [3.8, 4) is 5.40 Å². The smallest absolute Gasteiger partial charge is 0.225 e. The van der Waals surface area contributed by atoms with Crippen molar-refractivity contribution in [1.82, 2.24) is 0 Å². The fourth-order valence-corrected chi connectivity index (χ4v) is 2.87. The molecule has 2 heterocycles. The Hall–Kier alpha value is -1.14. The van der Waals surface area contributed by atoms with Gasteiger partial charge in [-0.15, -0.1) is 0 Å². The molecule has 0 bridgehead atoms. The predicted molar refractivity (Wildman–Crippen MR) is 68.4 cm³/mol. The minimum Gasteiger partial charge on any atom is -0.394 e. The maximum Gasteiger partial charge on any atom is 0.225 e. The molecule has 2 aliphatic rings. The van der Waals surface area contributed by atoms with Gasteiger partial charge in [-0.05, 0) is 23.9 Å². The molecule has 3 rings (SSSR count). The molecular formula is C13H13NO5S. The molecule has 2 fully saturated rings. The summed E-state index contributed by atoms with van der Waals surface area (Å²) < 4.78 is 11.1. The molecular weight excluding hydrogens is 282 g/mol. The lowest BCUT2D eigenvalue weighted by Crippen LogP contribution is -2.51. The largest absolute Gasteiger partial charge is 0.394 e. The maximum absolute atomic E-state index is 9.94. The Labute approximate surface area is 119 Å². The highest BCUT2D eigenvalue weighted by molar-refractivity contribution is 8.03. The van der Waals surface area contributed by atoms with Crippen LogP contribution in [0, 0.1) is 10.7 Å². The van der Waals surface area contributed by atoms with Crippen LogP contribution < -0.4 is 0 Å². The summed E-state index contributed by atoms with van der Waals surface area (Å²) >= 11 is 1.04. The van der Waals surface area contributed by atoms with E-state index in [9.17, 15) is 15.3 Å². The van der Waals surface area contributed by atoms with Gasteiger partial charge in [0.25, 0.3) is 0 Å². The normalized spacial score (nSPS) is 38.9. The molecule has 1 aromatic carbocycles. The summed E-state index contributed by atoms with van der Waals surface area (Å²) in [7, 11) is 0. The Morgan fingerprint density at radius 1 is 1.20 bits per heavy atom. The van der Waals surface area contributed by atoms with Crippen LogP contribution in [0.5, 0.6) is 0 Å². The Morgan fingerprint density at radius 2 is 1.90 bits per heavy atom. The van der Waals surface area contributed by atoms with E-state index in [-0.39, 0.29) is 0 Å². The molecule has 0 spiro atoms. The Morgan fingerprint density at radius 3 is 2.50 bits per heavy atom. The number of nitriles is 1. The molecule has 0 aliphatic carbocycles. The van der Waals surface area contributed by atoms with Gasteiger partial charge in [0.05, 0.1) is 6.61 Å². The lowest BCUT2D eigenvalue weighted by atomic mass is 9.94. The molecule has 1 aromatic rings. The van der Waals surface area contributed by atoms with Crippen LogP contribution in [0.2, 0.25) is 0 Å². The standard InChI is InChI=1S/C13H13NO5S/c14-6-20-8-3-1-7(2-4-8)13-12(19-13)11(17)10(16)9(5-15)18-13/h1-4,9-12,15-17H,5H2/t9?,10-,11?,12?,13-/m1/s1.